The monoisotopic (exact) mass is 982 g/mol. The van der Waals surface area contributed by atoms with Crippen molar-refractivity contribution in [2.45, 2.75) is 68.1 Å². The number of hydrogen-bond acceptors (Lipinski definition) is 16. The van der Waals surface area contributed by atoms with E-state index in [1.54, 1.807) is 50.2 Å². The average Bonchev–Trinajstić information content (AvgIpc) is 4.19. The van der Waals surface area contributed by atoms with Gasteiger partial charge in [0.15, 0.2) is 42.6 Å². The van der Waals surface area contributed by atoms with Crippen molar-refractivity contribution < 1.29 is 16.8 Å². The van der Waals surface area contributed by atoms with Crippen molar-refractivity contribution in [3.8, 4) is 22.5 Å². The van der Waals surface area contributed by atoms with Crippen LogP contribution in [0.2, 0.25) is 0 Å². The molecule has 18 nitrogen and oxygen atoms in total. The molecule has 0 amide bonds. The van der Waals surface area contributed by atoms with Crippen molar-refractivity contribution in [3.05, 3.63) is 96.4 Å². The highest BCUT2D eigenvalue weighted by Crippen LogP contribution is 2.37. The van der Waals surface area contributed by atoms with Crippen LogP contribution in [0.15, 0.2) is 82.3 Å². The molecule has 0 spiro atoms. The third-order valence-corrected chi connectivity index (χ3v) is 18.0. The van der Waals surface area contributed by atoms with Gasteiger partial charge in [0, 0.05) is 62.3 Å². The number of sulfone groups is 2. The summed E-state index contributed by atoms with van der Waals surface area (Å²) in [5, 5.41) is 25.6. The zero-order valence-corrected chi connectivity index (χ0v) is 41.8. The van der Waals surface area contributed by atoms with Crippen molar-refractivity contribution in [1.82, 2.24) is 59.3 Å². The molecular weight excluding hydrogens is 929 g/mol. The minimum absolute atomic E-state index is 0.353. The summed E-state index contributed by atoms with van der Waals surface area (Å²) in [6, 6.07) is 3.68. The summed E-state index contributed by atoms with van der Waals surface area (Å²) >= 11 is 2.43. The minimum Gasteiger partial charge on any atom is -0.329 e. The van der Waals surface area contributed by atoms with E-state index in [9.17, 15) is 16.8 Å². The van der Waals surface area contributed by atoms with Gasteiger partial charge in [-0.25, -0.2) is 36.8 Å². The molecule has 352 valence electrons. The number of imidazole rings is 2. The number of aromatic nitrogens is 10. The van der Waals surface area contributed by atoms with Crippen molar-refractivity contribution in [1.29, 1.82) is 0 Å². The molecule has 0 radical (unpaired) electrons. The van der Waals surface area contributed by atoms with Crippen LogP contribution in [-0.4, -0.2) is 103 Å². The van der Waals surface area contributed by atoms with E-state index < -0.39 is 24.9 Å². The molecule has 0 aliphatic carbocycles. The van der Waals surface area contributed by atoms with Gasteiger partial charge in [0.1, 0.15) is 8.42 Å². The lowest BCUT2D eigenvalue weighted by Gasteiger charge is -2.16. The number of thiophene rings is 2. The smallest absolute Gasteiger partial charge is 0.190 e. The molecule has 0 saturated carbocycles. The average molecular weight is 983 g/mol. The highest BCUT2D eigenvalue weighted by atomic mass is 32.2. The summed E-state index contributed by atoms with van der Waals surface area (Å²) in [4.78, 5) is 19.0. The van der Waals surface area contributed by atoms with Crippen LogP contribution in [0.1, 0.15) is 63.1 Å². The Hall–Kier alpha value is -6.04. The number of anilines is 4. The van der Waals surface area contributed by atoms with Gasteiger partial charge in [0.2, 0.25) is 0 Å². The molecule has 5 N–H and O–H groups in total. The summed E-state index contributed by atoms with van der Waals surface area (Å²) < 4.78 is 56.2. The van der Waals surface area contributed by atoms with Crippen molar-refractivity contribution in [2.24, 2.45) is 7.05 Å². The Morgan fingerprint density at radius 1 is 0.716 bits per heavy atom. The third kappa shape index (κ3) is 10.00. The van der Waals surface area contributed by atoms with Crippen LogP contribution in [0.3, 0.4) is 0 Å². The van der Waals surface area contributed by atoms with Crippen LogP contribution < -0.4 is 21.3 Å². The largest absolute Gasteiger partial charge is 0.329 e. The first-order chi connectivity index (χ1) is 32.1. The Morgan fingerprint density at radius 3 is 1.67 bits per heavy atom. The van der Waals surface area contributed by atoms with E-state index in [2.05, 4.69) is 58.7 Å². The van der Waals surface area contributed by atoms with Gasteiger partial charge in [-0.3, -0.25) is 18.6 Å². The van der Waals surface area contributed by atoms with Crippen molar-refractivity contribution >= 4 is 86.4 Å². The number of H-pyrrole nitrogens is 1. The fourth-order valence-corrected chi connectivity index (χ4v) is 13.0. The molecule has 0 atom stereocenters. The molecule has 0 unspecified atom stereocenters. The summed E-state index contributed by atoms with van der Waals surface area (Å²) in [5.74, 6) is 1.15. The highest BCUT2D eigenvalue weighted by molar-refractivity contribution is 7.94. The first-order valence-electron chi connectivity index (χ1n) is 21.9. The molecule has 8 aromatic rings. The number of aromatic amines is 1. The maximum Gasteiger partial charge on any atom is 0.190 e. The van der Waals surface area contributed by atoms with E-state index in [4.69, 9.17) is 9.97 Å². The second-order valence-corrected chi connectivity index (χ2v) is 23.2. The SMILES string of the molecule is CC.Cc1cc(Nc2nc(C3=CCCNC3)cn3c(-c4cn[nH]c4)cnc23)sc1S(=O)(=O)C(C)C.Cc1cc(Nc2nc(C3=CCCNC3)cn3c(-c4cnn(C)c4)cnc23)sc1S(C)(=O)=O. The molecule has 22 heteroatoms. The lowest BCUT2D eigenvalue weighted by atomic mass is 10.1. The van der Waals surface area contributed by atoms with E-state index in [0.29, 0.717) is 46.9 Å². The first kappa shape index (κ1) is 47.5. The molecular formula is C45H54N14O4S4. The van der Waals surface area contributed by atoms with Crippen molar-refractivity contribution in [2.75, 3.05) is 43.1 Å². The maximum atomic E-state index is 12.8. The van der Waals surface area contributed by atoms with Crippen LogP contribution in [0, 0.1) is 13.8 Å². The summed E-state index contributed by atoms with van der Waals surface area (Å²) in [5.41, 5.74) is 10.3. The highest BCUT2D eigenvalue weighted by Gasteiger charge is 2.26. The molecule has 0 aromatic carbocycles. The predicted molar refractivity (Wildman–Crippen MR) is 268 cm³/mol. The van der Waals surface area contributed by atoms with Gasteiger partial charge in [-0.2, -0.15) is 10.2 Å². The number of hydrogen-bond donors (Lipinski definition) is 5. The van der Waals surface area contributed by atoms with Gasteiger partial charge >= 0.3 is 0 Å². The number of aryl methyl sites for hydroxylation is 3. The van der Waals surface area contributed by atoms with E-state index >= 15 is 0 Å². The molecule has 0 saturated heterocycles. The molecule has 0 fully saturated rings. The van der Waals surface area contributed by atoms with E-state index in [1.807, 2.05) is 73.5 Å². The van der Waals surface area contributed by atoms with Gasteiger partial charge in [0.25, 0.3) is 0 Å². The standard InChI is InChI=1S/C22H25N7O2S2.C21H23N7O2S2.C2H6/c1-13(2)33(30,31)22-14(3)7-19(32-22)28-20-21-24-11-18(16-9-25-26-10-16)29(21)12-17(27-20)15-5-4-6-23-8-15;1-13-7-18(31-21(13)32(3,29)30)26-19-20-23-10-17(15-9-24-27(2)11-15)28(20)12-16(25-19)14-5-4-6-22-8-14;1-2/h5,7,9-13,23H,4,6,8H2,1-3H3,(H,25,26)(H,27,28);5,7,9-12,22H,4,6,8H2,1-3H3,(H,25,26);1-2H3. The Balaban J connectivity index is 0.000000175. The Morgan fingerprint density at radius 2 is 1.24 bits per heavy atom. The fourth-order valence-electron chi connectivity index (χ4n) is 7.66. The lowest BCUT2D eigenvalue weighted by Crippen LogP contribution is -2.22. The fraction of sp³-hybridized carbons (Fsp3) is 0.333. The number of rotatable bonds is 11. The van der Waals surface area contributed by atoms with Crippen LogP contribution in [0.5, 0.6) is 0 Å². The Bertz CT molecular complexity index is 3350. The summed E-state index contributed by atoms with van der Waals surface area (Å²) in [7, 11) is -4.78. The summed E-state index contributed by atoms with van der Waals surface area (Å²) in [6.07, 6.45) is 22.4. The number of nitrogens with zero attached hydrogens (tertiary/aromatic N) is 9. The van der Waals surface area contributed by atoms with Crippen LogP contribution >= 0.6 is 22.7 Å². The zero-order chi connectivity index (χ0) is 47.6. The predicted octanol–water partition coefficient (Wildman–Crippen LogP) is 7.84. The Kier molecular flexibility index (Phi) is 13.9. The quantitative estimate of drug-likeness (QED) is 0.0833. The number of fused-ring (bicyclic) bond motifs is 2. The van der Waals surface area contributed by atoms with Gasteiger partial charge < -0.3 is 21.3 Å². The van der Waals surface area contributed by atoms with E-state index in [0.717, 1.165) is 89.6 Å². The zero-order valence-electron chi connectivity index (χ0n) is 38.5. The second-order valence-electron chi connectivity index (χ2n) is 16.2. The normalized spacial score (nSPS) is 14.3. The molecule has 2 aliphatic heterocycles. The van der Waals surface area contributed by atoms with Crippen LogP contribution in [0.25, 0.3) is 45.0 Å². The lowest BCUT2D eigenvalue weighted by molar-refractivity contribution is 0.589. The first-order valence-corrected chi connectivity index (χ1v) is 26.9. The minimum atomic E-state index is -3.36. The maximum absolute atomic E-state index is 12.8. The Labute approximate surface area is 397 Å². The molecule has 2 aliphatic rings. The molecule has 8 aromatic heterocycles. The molecule has 10 rings (SSSR count). The van der Waals surface area contributed by atoms with E-state index in [-0.39, 0.29) is 0 Å². The molecule has 10 heterocycles. The van der Waals surface area contributed by atoms with E-state index in [1.165, 1.54) is 28.9 Å². The van der Waals surface area contributed by atoms with Gasteiger partial charge in [-0.05, 0) is 88.0 Å². The molecule has 67 heavy (non-hydrogen) atoms. The van der Waals surface area contributed by atoms with Gasteiger partial charge in [-0.15, -0.1) is 22.7 Å². The van der Waals surface area contributed by atoms with Crippen molar-refractivity contribution in [3.63, 3.8) is 0 Å². The van der Waals surface area contributed by atoms with Crippen LogP contribution in [-0.2, 0) is 26.7 Å². The van der Waals surface area contributed by atoms with Gasteiger partial charge in [0.05, 0.1) is 62.8 Å². The summed E-state index contributed by atoms with van der Waals surface area (Å²) in [6.45, 7) is 14.4. The number of nitrogens with one attached hydrogen (secondary N) is 5. The molecule has 0 bridgehead atoms. The third-order valence-electron chi connectivity index (χ3n) is 10.9. The van der Waals surface area contributed by atoms with Gasteiger partial charge in [-0.1, -0.05) is 26.0 Å². The second kappa shape index (κ2) is 19.7. The van der Waals surface area contributed by atoms with Crippen LogP contribution in [0.4, 0.5) is 21.6 Å². The topological polar surface area (TPSA) is 223 Å².